The first-order valence-corrected chi connectivity index (χ1v) is 12.9. The Bertz CT molecular complexity index is 1050. The SMILES string of the molecule is O=C(O)CC1Cc2cc(C(=O)NCCCN3CCNCC3)ccc2CN(CCc2ccccc2)C1=O. The number of hydrogen-bond donors (Lipinski definition) is 3. The van der Waals surface area contributed by atoms with Crippen molar-refractivity contribution in [3.63, 3.8) is 0 Å². The second-order valence-electron chi connectivity index (χ2n) is 9.68. The van der Waals surface area contributed by atoms with Crippen LogP contribution in [0.1, 0.15) is 39.9 Å². The van der Waals surface area contributed by atoms with Crippen molar-refractivity contribution < 1.29 is 19.5 Å². The van der Waals surface area contributed by atoms with E-state index in [4.69, 9.17) is 0 Å². The zero-order valence-electron chi connectivity index (χ0n) is 20.7. The number of carboxylic acid groups (broad SMARTS) is 1. The number of nitrogens with zero attached hydrogens (tertiary/aromatic N) is 2. The average molecular weight is 493 g/mol. The van der Waals surface area contributed by atoms with Gasteiger partial charge in [-0.05, 0) is 54.6 Å². The van der Waals surface area contributed by atoms with Crippen LogP contribution in [-0.4, -0.2) is 78.5 Å². The summed E-state index contributed by atoms with van der Waals surface area (Å²) in [7, 11) is 0. The van der Waals surface area contributed by atoms with Gasteiger partial charge in [0.1, 0.15) is 0 Å². The number of hydrogen-bond acceptors (Lipinski definition) is 5. The van der Waals surface area contributed by atoms with Crippen LogP contribution in [0.5, 0.6) is 0 Å². The fourth-order valence-electron chi connectivity index (χ4n) is 5.02. The Labute approximate surface area is 212 Å². The molecule has 0 saturated carbocycles. The lowest BCUT2D eigenvalue weighted by Crippen LogP contribution is -2.44. The molecule has 2 aliphatic heterocycles. The molecule has 1 unspecified atom stereocenters. The molecule has 2 aromatic carbocycles. The van der Waals surface area contributed by atoms with E-state index in [1.54, 1.807) is 4.90 Å². The zero-order valence-corrected chi connectivity index (χ0v) is 20.7. The summed E-state index contributed by atoms with van der Waals surface area (Å²) in [5.41, 5.74) is 3.54. The van der Waals surface area contributed by atoms with Gasteiger partial charge in [0.15, 0.2) is 0 Å². The number of carboxylic acids is 1. The molecule has 8 heteroatoms. The quantitative estimate of drug-likeness (QED) is 0.438. The van der Waals surface area contributed by atoms with Crippen LogP contribution in [-0.2, 0) is 29.0 Å². The molecule has 2 aromatic rings. The van der Waals surface area contributed by atoms with Crippen LogP contribution in [0, 0.1) is 5.92 Å². The molecule has 1 fully saturated rings. The lowest BCUT2D eigenvalue weighted by atomic mass is 9.93. The van der Waals surface area contributed by atoms with E-state index in [1.807, 2.05) is 48.5 Å². The van der Waals surface area contributed by atoms with Gasteiger partial charge in [0.2, 0.25) is 5.91 Å². The Hall–Kier alpha value is -3.23. The maximum atomic E-state index is 13.3. The lowest BCUT2D eigenvalue weighted by molar-refractivity contribution is -0.144. The number of aliphatic carboxylic acids is 1. The maximum Gasteiger partial charge on any atom is 0.304 e. The van der Waals surface area contributed by atoms with Crippen molar-refractivity contribution in [1.29, 1.82) is 0 Å². The third-order valence-electron chi connectivity index (χ3n) is 7.04. The second-order valence-corrected chi connectivity index (χ2v) is 9.68. The van der Waals surface area contributed by atoms with Gasteiger partial charge < -0.3 is 25.5 Å². The van der Waals surface area contributed by atoms with Gasteiger partial charge in [-0.15, -0.1) is 0 Å². The number of nitrogens with one attached hydrogen (secondary N) is 2. The first kappa shape index (κ1) is 25.9. The van der Waals surface area contributed by atoms with Gasteiger partial charge in [-0.2, -0.15) is 0 Å². The van der Waals surface area contributed by atoms with Crippen LogP contribution in [0.3, 0.4) is 0 Å². The summed E-state index contributed by atoms with van der Waals surface area (Å²) in [5.74, 6) is -1.90. The second kappa shape index (κ2) is 12.6. The van der Waals surface area contributed by atoms with Crippen molar-refractivity contribution in [2.45, 2.75) is 32.2 Å². The number of piperazine rings is 1. The number of carbonyl (C=O) groups excluding carboxylic acids is 2. The smallest absolute Gasteiger partial charge is 0.304 e. The van der Waals surface area contributed by atoms with E-state index in [0.29, 0.717) is 38.0 Å². The summed E-state index contributed by atoms with van der Waals surface area (Å²) < 4.78 is 0. The van der Waals surface area contributed by atoms with Gasteiger partial charge >= 0.3 is 5.97 Å². The van der Waals surface area contributed by atoms with Crippen LogP contribution in [0.2, 0.25) is 0 Å². The van der Waals surface area contributed by atoms with Gasteiger partial charge in [-0.1, -0.05) is 36.4 Å². The van der Waals surface area contributed by atoms with E-state index in [-0.39, 0.29) is 18.2 Å². The monoisotopic (exact) mass is 492 g/mol. The topological polar surface area (TPSA) is 102 Å². The number of carbonyl (C=O) groups is 3. The molecule has 8 nitrogen and oxygen atoms in total. The molecule has 1 saturated heterocycles. The Morgan fingerprint density at radius 2 is 1.81 bits per heavy atom. The molecule has 2 amide bonds. The summed E-state index contributed by atoms with van der Waals surface area (Å²) in [4.78, 5) is 41.8. The normalized spacial score (nSPS) is 18.4. The molecular weight excluding hydrogens is 456 g/mol. The van der Waals surface area contributed by atoms with E-state index in [9.17, 15) is 19.5 Å². The molecule has 192 valence electrons. The minimum absolute atomic E-state index is 0.135. The minimum atomic E-state index is -0.988. The summed E-state index contributed by atoms with van der Waals surface area (Å²) in [6.45, 7) is 6.61. The van der Waals surface area contributed by atoms with Crippen LogP contribution < -0.4 is 10.6 Å². The highest BCUT2D eigenvalue weighted by Crippen LogP contribution is 2.26. The molecule has 36 heavy (non-hydrogen) atoms. The zero-order chi connectivity index (χ0) is 25.3. The Kier molecular flexibility index (Phi) is 9.08. The van der Waals surface area contributed by atoms with Gasteiger partial charge in [0.25, 0.3) is 5.91 Å². The molecule has 1 atom stereocenters. The first-order chi connectivity index (χ1) is 17.5. The van der Waals surface area contributed by atoms with Crippen molar-refractivity contribution in [2.24, 2.45) is 5.92 Å². The Morgan fingerprint density at radius 1 is 1.03 bits per heavy atom. The molecule has 2 aliphatic rings. The van der Waals surface area contributed by atoms with Gasteiger partial charge in [-0.25, -0.2) is 0 Å². The number of fused-ring (bicyclic) bond motifs is 1. The van der Waals surface area contributed by atoms with E-state index >= 15 is 0 Å². The third kappa shape index (κ3) is 7.15. The van der Waals surface area contributed by atoms with E-state index in [0.717, 1.165) is 55.8 Å². The standard InChI is InChI=1S/C28H36N4O4/c33-26(34)19-25-18-24-17-22(27(35)30-10-4-13-31-15-11-29-12-16-31)7-8-23(24)20-32(28(25)36)14-9-21-5-2-1-3-6-21/h1-3,5-8,17,25,29H,4,9-16,18-20H2,(H,30,35)(H,33,34). The highest BCUT2D eigenvalue weighted by molar-refractivity contribution is 5.94. The van der Waals surface area contributed by atoms with Gasteiger partial charge in [0, 0.05) is 51.4 Å². The maximum absolute atomic E-state index is 13.3. The van der Waals surface area contributed by atoms with E-state index < -0.39 is 11.9 Å². The molecular formula is C28H36N4O4. The lowest BCUT2D eigenvalue weighted by Gasteiger charge is -2.27. The van der Waals surface area contributed by atoms with Crippen molar-refractivity contribution in [1.82, 2.24) is 20.4 Å². The Morgan fingerprint density at radius 3 is 2.56 bits per heavy atom. The molecule has 0 spiro atoms. The van der Waals surface area contributed by atoms with E-state index in [2.05, 4.69) is 15.5 Å². The average Bonchev–Trinajstić information content (AvgIpc) is 3.02. The highest BCUT2D eigenvalue weighted by atomic mass is 16.4. The number of rotatable bonds is 10. The molecule has 0 bridgehead atoms. The van der Waals surface area contributed by atoms with Crippen molar-refractivity contribution >= 4 is 17.8 Å². The molecule has 4 rings (SSSR count). The number of amides is 2. The molecule has 0 aromatic heterocycles. The highest BCUT2D eigenvalue weighted by Gasteiger charge is 2.31. The Balaban J connectivity index is 1.40. The van der Waals surface area contributed by atoms with E-state index in [1.165, 1.54) is 0 Å². The third-order valence-corrected chi connectivity index (χ3v) is 7.04. The van der Waals surface area contributed by atoms with Crippen molar-refractivity contribution in [3.05, 3.63) is 70.8 Å². The number of benzene rings is 2. The fraction of sp³-hybridized carbons (Fsp3) is 0.464. The van der Waals surface area contributed by atoms with Crippen LogP contribution in [0.4, 0.5) is 0 Å². The first-order valence-electron chi connectivity index (χ1n) is 12.9. The molecule has 0 aliphatic carbocycles. The summed E-state index contributed by atoms with van der Waals surface area (Å²) in [6.07, 6.45) is 1.70. The molecule has 0 radical (unpaired) electrons. The van der Waals surface area contributed by atoms with Crippen LogP contribution >= 0.6 is 0 Å². The van der Waals surface area contributed by atoms with Gasteiger partial charge in [0.05, 0.1) is 12.3 Å². The van der Waals surface area contributed by atoms with Gasteiger partial charge in [-0.3, -0.25) is 14.4 Å². The molecule has 2 heterocycles. The predicted molar refractivity (Wildman–Crippen MR) is 138 cm³/mol. The van der Waals surface area contributed by atoms with Crippen molar-refractivity contribution in [3.8, 4) is 0 Å². The summed E-state index contributed by atoms with van der Waals surface area (Å²) in [5, 5.41) is 15.8. The summed E-state index contributed by atoms with van der Waals surface area (Å²) in [6, 6.07) is 15.5. The fourth-order valence-corrected chi connectivity index (χ4v) is 5.02. The largest absolute Gasteiger partial charge is 0.481 e. The molecule has 3 N–H and O–H groups in total. The van der Waals surface area contributed by atoms with Crippen molar-refractivity contribution in [2.75, 3.05) is 45.8 Å². The van der Waals surface area contributed by atoms with Crippen LogP contribution in [0.15, 0.2) is 48.5 Å². The summed E-state index contributed by atoms with van der Waals surface area (Å²) >= 11 is 0. The van der Waals surface area contributed by atoms with Crippen LogP contribution in [0.25, 0.3) is 0 Å². The minimum Gasteiger partial charge on any atom is -0.481 e. The predicted octanol–water partition coefficient (Wildman–Crippen LogP) is 1.93.